The van der Waals surface area contributed by atoms with Crippen LogP contribution in [0.1, 0.15) is 32.4 Å². The Balaban J connectivity index is 1.60. The van der Waals surface area contributed by atoms with Crippen molar-refractivity contribution in [2.24, 2.45) is 4.99 Å². The third kappa shape index (κ3) is 5.01. The van der Waals surface area contributed by atoms with Crippen molar-refractivity contribution in [1.82, 2.24) is 15.8 Å². The Morgan fingerprint density at radius 3 is 2.88 bits per heavy atom. The zero-order valence-corrected chi connectivity index (χ0v) is 15.7. The quantitative estimate of drug-likeness (QED) is 0.609. The predicted octanol–water partition coefficient (Wildman–Crippen LogP) is 3.68. The van der Waals surface area contributed by atoms with Gasteiger partial charge >= 0.3 is 0 Å². The van der Waals surface area contributed by atoms with Crippen molar-refractivity contribution in [2.75, 3.05) is 18.8 Å². The number of hydrogen-bond donors (Lipinski definition) is 2. The highest BCUT2D eigenvalue weighted by Gasteiger charge is 2.29. The van der Waals surface area contributed by atoms with Crippen LogP contribution in [0, 0.1) is 0 Å². The normalized spacial score (nSPS) is 20.6. The highest BCUT2D eigenvalue weighted by Crippen LogP contribution is 2.36. The number of thioether (sulfide) groups is 1. The summed E-state index contributed by atoms with van der Waals surface area (Å²) >= 11 is 2.05. The van der Waals surface area contributed by atoms with Crippen LogP contribution in [0.25, 0.3) is 11.3 Å². The summed E-state index contributed by atoms with van der Waals surface area (Å²) in [5.74, 6) is 2.87. The van der Waals surface area contributed by atoms with E-state index in [2.05, 4.69) is 34.6 Å². The summed E-state index contributed by atoms with van der Waals surface area (Å²) in [5.41, 5.74) is 1.86. The summed E-state index contributed by atoms with van der Waals surface area (Å²) in [7, 11) is 0. The van der Waals surface area contributed by atoms with Gasteiger partial charge in [0, 0.05) is 29.5 Å². The molecule has 0 saturated carbocycles. The van der Waals surface area contributed by atoms with Crippen LogP contribution in [0.5, 0.6) is 0 Å². The molecule has 0 bridgehead atoms. The molecule has 0 spiro atoms. The highest BCUT2D eigenvalue weighted by atomic mass is 32.2. The average Bonchev–Trinajstić information content (AvgIpc) is 3.28. The zero-order chi connectivity index (χ0) is 17.5. The lowest BCUT2D eigenvalue weighted by atomic mass is 10.1. The van der Waals surface area contributed by atoms with Crippen molar-refractivity contribution in [1.29, 1.82) is 0 Å². The second-order valence-electron chi connectivity index (χ2n) is 6.50. The van der Waals surface area contributed by atoms with Crippen molar-refractivity contribution in [3.05, 3.63) is 42.1 Å². The predicted molar refractivity (Wildman–Crippen MR) is 105 cm³/mol. The smallest absolute Gasteiger partial charge is 0.191 e. The first-order chi connectivity index (χ1) is 12.2. The molecule has 1 saturated heterocycles. The van der Waals surface area contributed by atoms with Crippen LogP contribution in [-0.2, 0) is 6.54 Å². The SMILES string of the molecule is CCNC(=NCc1cc(-c2ccccc2)on1)NCC1(C)CCCS1. The van der Waals surface area contributed by atoms with E-state index < -0.39 is 0 Å². The third-order valence-electron chi connectivity index (χ3n) is 4.29. The van der Waals surface area contributed by atoms with Crippen LogP contribution in [0.3, 0.4) is 0 Å². The number of benzene rings is 1. The minimum Gasteiger partial charge on any atom is -0.357 e. The number of rotatable bonds is 6. The van der Waals surface area contributed by atoms with Gasteiger partial charge in [0.2, 0.25) is 0 Å². The number of nitrogens with one attached hydrogen (secondary N) is 2. The Morgan fingerprint density at radius 2 is 2.16 bits per heavy atom. The van der Waals surface area contributed by atoms with Gasteiger partial charge in [0.1, 0.15) is 5.69 Å². The van der Waals surface area contributed by atoms with Gasteiger partial charge in [-0.15, -0.1) is 0 Å². The molecule has 6 heteroatoms. The fourth-order valence-electron chi connectivity index (χ4n) is 2.87. The van der Waals surface area contributed by atoms with Crippen molar-refractivity contribution in [3.63, 3.8) is 0 Å². The van der Waals surface area contributed by atoms with Gasteiger partial charge in [-0.2, -0.15) is 11.8 Å². The lowest BCUT2D eigenvalue weighted by molar-refractivity contribution is 0.424. The largest absolute Gasteiger partial charge is 0.357 e. The van der Waals surface area contributed by atoms with Crippen LogP contribution >= 0.6 is 11.8 Å². The van der Waals surface area contributed by atoms with E-state index in [-0.39, 0.29) is 0 Å². The zero-order valence-electron chi connectivity index (χ0n) is 14.9. The molecule has 5 nitrogen and oxygen atoms in total. The van der Waals surface area contributed by atoms with Gasteiger partial charge in [-0.1, -0.05) is 35.5 Å². The van der Waals surface area contributed by atoms with Gasteiger partial charge in [-0.3, -0.25) is 0 Å². The van der Waals surface area contributed by atoms with E-state index in [0.29, 0.717) is 11.3 Å². The minimum absolute atomic E-state index is 0.310. The van der Waals surface area contributed by atoms with Gasteiger partial charge in [0.05, 0.1) is 6.54 Å². The molecule has 3 rings (SSSR count). The maximum absolute atomic E-state index is 5.44. The Bertz CT molecular complexity index is 692. The van der Waals surface area contributed by atoms with E-state index in [1.165, 1.54) is 18.6 Å². The minimum atomic E-state index is 0.310. The van der Waals surface area contributed by atoms with Crippen molar-refractivity contribution in [3.8, 4) is 11.3 Å². The molecule has 1 aromatic heterocycles. The first-order valence-corrected chi connectivity index (χ1v) is 9.84. The maximum atomic E-state index is 5.44. The summed E-state index contributed by atoms with van der Waals surface area (Å²) in [6.07, 6.45) is 2.56. The fourth-order valence-corrected chi connectivity index (χ4v) is 4.12. The topological polar surface area (TPSA) is 62.5 Å². The number of hydrogen-bond acceptors (Lipinski definition) is 4. The van der Waals surface area contributed by atoms with E-state index in [4.69, 9.17) is 4.52 Å². The van der Waals surface area contributed by atoms with Gasteiger partial charge in [-0.05, 0) is 32.4 Å². The molecule has 0 aliphatic carbocycles. The molecule has 1 fully saturated rings. The monoisotopic (exact) mass is 358 g/mol. The first-order valence-electron chi connectivity index (χ1n) is 8.86. The summed E-state index contributed by atoms with van der Waals surface area (Å²) in [5, 5.41) is 10.9. The molecule has 134 valence electrons. The summed E-state index contributed by atoms with van der Waals surface area (Å²) in [6.45, 7) is 6.66. The van der Waals surface area contributed by atoms with Crippen molar-refractivity contribution in [2.45, 2.75) is 38.0 Å². The van der Waals surface area contributed by atoms with E-state index in [1.54, 1.807) is 0 Å². The van der Waals surface area contributed by atoms with Gasteiger partial charge < -0.3 is 15.2 Å². The van der Waals surface area contributed by atoms with E-state index >= 15 is 0 Å². The molecule has 1 aromatic carbocycles. The molecule has 1 atom stereocenters. The van der Waals surface area contributed by atoms with Crippen LogP contribution in [-0.4, -0.2) is 34.7 Å². The first kappa shape index (κ1) is 17.9. The molecule has 2 heterocycles. The number of guanidine groups is 1. The number of aliphatic imine (C=N–C) groups is 1. The molecule has 1 unspecified atom stereocenters. The fraction of sp³-hybridized carbons (Fsp3) is 0.474. The number of nitrogens with zero attached hydrogens (tertiary/aromatic N) is 2. The average molecular weight is 359 g/mol. The summed E-state index contributed by atoms with van der Waals surface area (Å²) in [4.78, 5) is 4.65. The van der Waals surface area contributed by atoms with E-state index in [1.807, 2.05) is 48.2 Å². The van der Waals surface area contributed by atoms with Gasteiger partial charge in [-0.25, -0.2) is 4.99 Å². The lowest BCUT2D eigenvalue weighted by Gasteiger charge is -2.24. The van der Waals surface area contributed by atoms with Crippen molar-refractivity contribution < 1.29 is 4.52 Å². The Morgan fingerprint density at radius 1 is 1.32 bits per heavy atom. The molecule has 0 amide bonds. The molecule has 2 aromatic rings. The Labute approximate surface area is 153 Å². The maximum Gasteiger partial charge on any atom is 0.191 e. The van der Waals surface area contributed by atoms with Crippen molar-refractivity contribution >= 4 is 17.7 Å². The molecular formula is C19H26N4OS. The van der Waals surface area contributed by atoms with Gasteiger partial charge in [0.15, 0.2) is 11.7 Å². The Kier molecular flexibility index (Phi) is 6.02. The lowest BCUT2D eigenvalue weighted by Crippen LogP contribution is -2.43. The van der Waals surface area contributed by atoms with Crippen LogP contribution in [0.2, 0.25) is 0 Å². The molecular weight excluding hydrogens is 332 g/mol. The molecule has 1 aliphatic rings. The van der Waals surface area contributed by atoms with Crippen LogP contribution < -0.4 is 10.6 Å². The number of aromatic nitrogens is 1. The molecule has 2 N–H and O–H groups in total. The van der Waals surface area contributed by atoms with E-state index in [9.17, 15) is 0 Å². The van der Waals surface area contributed by atoms with E-state index in [0.717, 1.165) is 36.1 Å². The molecule has 25 heavy (non-hydrogen) atoms. The molecule has 1 aliphatic heterocycles. The highest BCUT2D eigenvalue weighted by molar-refractivity contribution is 8.00. The second-order valence-corrected chi connectivity index (χ2v) is 8.18. The second kappa shape index (κ2) is 8.43. The standard InChI is InChI=1S/C19H26N4OS/c1-3-20-18(22-14-19(2)10-7-11-25-19)21-13-16-12-17(24-23-16)15-8-5-4-6-9-15/h4-6,8-9,12H,3,7,10-11,13-14H2,1-2H3,(H2,20,21,22). The summed E-state index contributed by atoms with van der Waals surface area (Å²) < 4.78 is 5.75. The van der Waals surface area contributed by atoms with Crippen LogP contribution in [0.4, 0.5) is 0 Å². The summed E-state index contributed by atoms with van der Waals surface area (Å²) in [6, 6.07) is 12.0. The van der Waals surface area contributed by atoms with Gasteiger partial charge in [0.25, 0.3) is 0 Å². The van der Waals surface area contributed by atoms with Crippen LogP contribution in [0.15, 0.2) is 45.9 Å². The molecule has 0 radical (unpaired) electrons. The third-order valence-corrected chi connectivity index (χ3v) is 5.83. The Hall–Kier alpha value is -1.95.